The van der Waals surface area contributed by atoms with Crippen LogP contribution in [-0.4, -0.2) is 36.7 Å². The first-order chi connectivity index (χ1) is 14.7. The molecule has 0 aliphatic carbocycles. The molecular weight excluding hydrogens is 396 g/mol. The van der Waals surface area contributed by atoms with E-state index < -0.39 is 23.6 Å². The highest BCUT2D eigenvalue weighted by Crippen LogP contribution is 2.18. The van der Waals surface area contributed by atoms with E-state index in [9.17, 15) is 14.4 Å². The molecule has 2 N–H and O–H groups in total. The zero-order chi connectivity index (χ0) is 22.7. The number of ether oxygens (including phenoxy) is 2. The number of hydrogen-bond donors (Lipinski definition) is 2. The molecule has 0 bridgehead atoms. The molecule has 2 amide bonds. The maximum atomic E-state index is 12.4. The third-order valence-electron chi connectivity index (χ3n) is 4.18. The van der Waals surface area contributed by atoms with Gasteiger partial charge in [0, 0.05) is 6.54 Å². The van der Waals surface area contributed by atoms with Crippen molar-refractivity contribution in [3.63, 3.8) is 0 Å². The predicted molar refractivity (Wildman–Crippen MR) is 117 cm³/mol. The lowest BCUT2D eigenvalue weighted by Crippen LogP contribution is -2.35. The van der Waals surface area contributed by atoms with Crippen molar-refractivity contribution >= 4 is 18.0 Å². The number of carbonyl (C=O) groups excluding carboxylic acids is 3. The minimum absolute atomic E-state index is 0.0569. The van der Waals surface area contributed by atoms with Gasteiger partial charge in [0.05, 0.1) is 12.5 Å². The summed E-state index contributed by atoms with van der Waals surface area (Å²) in [6.07, 6.45) is -0.0483. The topological polar surface area (TPSA) is 93.7 Å². The van der Waals surface area contributed by atoms with Gasteiger partial charge in [-0.25, -0.2) is 4.79 Å². The van der Waals surface area contributed by atoms with Gasteiger partial charge in [-0.05, 0) is 38.3 Å². The molecule has 2 aromatic rings. The Hall–Kier alpha value is -3.35. The molecule has 0 saturated carbocycles. The molecule has 1 atom stereocenters. The predicted octanol–water partition coefficient (Wildman–Crippen LogP) is 3.54. The highest BCUT2D eigenvalue weighted by atomic mass is 16.6. The smallest absolute Gasteiger partial charge is 0.407 e. The molecule has 2 aromatic carbocycles. The summed E-state index contributed by atoms with van der Waals surface area (Å²) in [4.78, 5) is 35.8. The van der Waals surface area contributed by atoms with Gasteiger partial charge in [0.2, 0.25) is 0 Å². The monoisotopic (exact) mass is 426 g/mol. The second-order valence-electron chi connectivity index (χ2n) is 8.06. The van der Waals surface area contributed by atoms with Crippen LogP contribution < -0.4 is 10.6 Å². The largest absolute Gasteiger partial charge is 0.456 e. The number of hydrogen-bond acceptors (Lipinski definition) is 5. The lowest BCUT2D eigenvalue weighted by Gasteiger charge is -2.20. The number of nitrogens with one attached hydrogen (secondary N) is 2. The lowest BCUT2D eigenvalue weighted by molar-refractivity contribution is -0.148. The van der Waals surface area contributed by atoms with Gasteiger partial charge in [0.15, 0.2) is 6.61 Å². The fourth-order valence-electron chi connectivity index (χ4n) is 2.82. The first kappa shape index (κ1) is 23.9. The maximum Gasteiger partial charge on any atom is 0.407 e. The van der Waals surface area contributed by atoms with Crippen molar-refractivity contribution in [2.75, 3.05) is 13.2 Å². The molecule has 0 saturated heterocycles. The van der Waals surface area contributed by atoms with E-state index in [1.54, 1.807) is 20.8 Å². The van der Waals surface area contributed by atoms with Crippen LogP contribution in [0.5, 0.6) is 0 Å². The van der Waals surface area contributed by atoms with E-state index in [1.807, 2.05) is 60.7 Å². The van der Waals surface area contributed by atoms with Gasteiger partial charge >= 0.3 is 12.1 Å². The van der Waals surface area contributed by atoms with E-state index >= 15 is 0 Å². The highest BCUT2D eigenvalue weighted by molar-refractivity contribution is 5.81. The number of amides is 2. The Balaban J connectivity index is 1.80. The maximum absolute atomic E-state index is 12.4. The average Bonchev–Trinajstić information content (AvgIpc) is 2.72. The average molecular weight is 427 g/mol. The Morgan fingerprint density at radius 3 is 2.16 bits per heavy atom. The molecule has 0 unspecified atom stereocenters. The van der Waals surface area contributed by atoms with Gasteiger partial charge in [0.1, 0.15) is 5.60 Å². The SMILES string of the molecule is CC(C)(C)OC(=O)NCCC(=O)OCC(=O)N[C@H](Cc1ccccc1)c1ccccc1. The molecule has 0 heterocycles. The number of alkyl carbamates (subject to hydrolysis) is 1. The van der Waals surface area contributed by atoms with Crippen molar-refractivity contribution < 1.29 is 23.9 Å². The molecule has 31 heavy (non-hydrogen) atoms. The quantitative estimate of drug-likeness (QED) is 0.598. The Kier molecular flexibility index (Phi) is 9.06. The van der Waals surface area contributed by atoms with E-state index in [2.05, 4.69) is 10.6 Å². The number of esters is 1. The molecule has 0 radical (unpaired) electrons. The normalized spacial score (nSPS) is 11.8. The van der Waals surface area contributed by atoms with Gasteiger partial charge in [-0.15, -0.1) is 0 Å². The summed E-state index contributed by atoms with van der Waals surface area (Å²) in [6.45, 7) is 4.93. The molecule has 7 heteroatoms. The first-order valence-electron chi connectivity index (χ1n) is 10.2. The van der Waals surface area contributed by atoms with Gasteiger partial charge in [0.25, 0.3) is 5.91 Å². The second-order valence-corrected chi connectivity index (χ2v) is 8.06. The van der Waals surface area contributed by atoms with Crippen LogP contribution in [0.4, 0.5) is 4.79 Å². The van der Waals surface area contributed by atoms with Crippen LogP contribution in [0.25, 0.3) is 0 Å². The number of carbonyl (C=O) groups is 3. The molecule has 0 spiro atoms. The molecule has 166 valence electrons. The van der Waals surface area contributed by atoms with Crippen molar-refractivity contribution in [1.82, 2.24) is 10.6 Å². The van der Waals surface area contributed by atoms with Crippen molar-refractivity contribution in [3.8, 4) is 0 Å². The van der Waals surface area contributed by atoms with E-state index in [0.29, 0.717) is 6.42 Å². The van der Waals surface area contributed by atoms with Crippen LogP contribution >= 0.6 is 0 Å². The van der Waals surface area contributed by atoms with Crippen molar-refractivity contribution in [2.45, 2.75) is 45.3 Å². The van der Waals surface area contributed by atoms with E-state index in [0.717, 1.165) is 11.1 Å². The molecule has 0 aliphatic rings. The zero-order valence-corrected chi connectivity index (χ0v) is 18.2. The number of benzene rings is 2. The Morgan fingerprint density at radius 2 is 1.55 bits per heavy atom. The van der Waals surface area contributed by atoms with Crippen molar-refractivity contribution in [2.24, 2.45) is 0 Å². The lowest BCUT2D eigenvalue weighted by atomic mass is 9.99. The number of rotatable bonds is 9. The molecule has 7 nitrogen and oxygen atoms in total. The van der Waals surface area contributed by atoms with E-state index in [1.165, 1.54) is 0 Å². The molecular formula is C24H30N2O5. The fraction of sp³-hybridized carbons (Fsp3) is 0.375. The Labute approximate surface area is 183 Å². The van der Waals surface area contributed by atoms with E-state index in [4.69, 9.17) is 9.47 Å². The van der Waals surface area contributed by atoms with Crippen LogP contribution in [0.1, 0.15) is 44.4 Å². The van der Waals surface area contributed by atoms with Crippen LogP contribution in [0.2, 0.25) is 0 Å². The summed E-state index contributed by atoms with van der Waals surface area (Å²) in [5.74, 6) is -0.969. The van der Waals surface area contributed by atoms with E-state index in [-0.39, 0.29) is 25.6 Å². The van der Waals surface area contributed by atoms with Crippen molar-refractivity contribution in [1.29, 1.82) is 0 Å². The molecule has 2 rings (SSSR count). The van der Waals surface area contributed by atoms with Crippen LogP contribution in [0.15, 0.2) is 60.7 Å². The standard InChI is InChI=1S/C24H30N2O5/c1-24(2,3)31-23(29)25-15-14-22(28)30-17-21(27)26-20(19-12-8-5-9-13-19)16-18-10-6-4-7-11-18/h4-13,20H,14-17H2,1-3H3,(H,25,29)(H,26,27)/t20-/m1/s1. The highest BCUT2D eigenvalue weighted by Gasteiger charge is 2.18. The van der Waals surface area contributed by atoms with Gasteiger partial charge in [-0.2, -0.15) is 0 Å². The fourth-order valence-corrected chi connectivity index (χ4v) is 2.82. The summed E-state index contributed by atoms with van der Waals surface area (Å²) in [5.41, 5.74) is 1.44. The summed E-state index contributed by atoms with van der Waals surface area (Å²) < 4.78 is 10.1. The van der Waals surface area contributed by atoms with Gasteiger partial charge < -0.3 is 20.1 Å². The minimum atomic E-state index is -0.613. The first-order valence-corrected chi connectivity index (χ1v) is 10.2. The molecule has 0 aromatic heterocycles. The van der Waals surface area contributed by atoms with Gasteiger partial charge in [-0.1, -0.05) is 60.7 Å². The van der Waals surface area contributed by atoms with Crippen LogP contribution in [-0.2, 0) is 25.5 Å². The summed E-state index contributed by atoms with van der Waals surface area (Å²) in [7, 11) is 0. The zero-order valence-electron chi connectivity index (χ0n) is 18.2. The third-order valence-corrected chi connectivity index (χ3v) is 4.18. The Morgan fingerprint density at radius 1 is 0.935 bits per heavy atom. The van der Waals surface area contributed by atoms with Crippen LogP contribution in [0, 0.1) is 0 Å². The summed E-state index contributed by atoms with van der Waals surface area (Å²) in [5, 5.41) is 5.41. The summed E-state index contributed by atoms with van der Waals surface area (Å²) in [6, 6.07) is 19.2. The summed E-state index contributed by atoms with van der Waals surface area (Å²) >= 11 is 0. The third kappa shape index (κ3) is 9.80. The molecule has 0 aliphatic heterocycles. The van der Waals surface area contributed by atoms with Crippen molar-refractivity contribution in [3.05, 3.63) is 71.8 Å². The Bertz CT molecular complexity index is 847. The second kappa shape index (κ2) is 11.7. The van der Waals surface area contributed by atoms with Gasteiger partial charge in [-0.3, -0.25) is 9.59 Å². The van der Waals surface area contributed by atoms with Crippen LogP contribution in [0.3, 0.4) is 0 Å². The molecule has 0 fully saturated rings. The minimum Gasteiger partial charge on any atom is -0.456 e.